The van der Waals surface area contributed by atoms with E-state index in [9.17, 15) is 4.79 Å². The third-order valence-corrected chi connectivity index (χ3v) is 3.05. The molecule has 1 heterocycles. The molecule has 5 nitrogen and oxygen atoms in total. The minimum atomic E-state index is -0.512. The number of nitrogens with one attached hydrogen (secondary N) is 1. The smallest absolute Gasteiger partial charge is 0.250 e. The Kier molecular flexibility index (Phi) is 3.19. The van der Waals surface area contributed by atoms with Crippen LogP contribution in [0.25, 0.3) is 0 Å². The number of nitrogen functional groups attached to an aromatic ring is 1. The Morgan fingerprint density at radius 2 is 2.29 bits per heavy atom. The van der Waals surface area contributed by atoms with Crippen molar-refractivity contribution < 1.29 is 9.53 Å². The zero-order valence-electron chi connectivity index (χ0n) is 9.77. The molecule has 0 radical (unpaired) electrons. The molecule has 0 aliphatic carbocycles. The lowest BCUT2D eigenvalue weighted by molar-refractivity contribution is 0.100. The van der Waals surface area contributed by atoms with E-state index in [-0.39, 0.29) is 12.1 Å². The molecule has 1 aromatic rings. The van der Waals surface area contributed by atoms with E-state index in [2.05, 4.69) is 5.32 Å². The zero-order valence-corrected chi connectivity index (χ0v) is 9.77. The van der Waals surface area contributed by atoms with Gasteiger partial charge in [0.05, 0.1) is 17.7 Å². The number of primary amides is 1. The van der Waals surface area contributed by atoms with E-state index in [1.807, 2.05) is 13.0 Å². The second kappa shape index (κ2) is 4.63. The van der Waals surface area contributed by atoms with Gasteiger partial charge < -0.3 is 21.5 Å². The lowest BCUT2D eigenvalue weighted by Crippen LogP contribution is -2.26. The SMILES string of the molecule is CC1OCCC1Nc1ccc(N)c(C(N)=O)c1. The summed E-state index contributed by atoms with van der Waals surface area (Å²) in [5.74, 6) is -0.512. The molecule has 5 heteroatoms. The number of ether oxygens (including phenoxy) is 1. The number of carbonyl (C=O) groups excluding carboxylic acids is 1. The quantitative estimate of drug-likeness (QED) is 0.680. The van der Waals surface area contributed by atoms with E-state index < -0.39 is 5.91 Å². The van der Waals surface area contributed by atoms with E-state index in [4.69, 9.17) is 16.2 Å². The van der Waals surface area contributed by atoms with Crippen LogP contribution in [0.4, 0.5) is 11.4 Å². The summed E-state index contributed by atoms with van der Waals surface area (Å²) in [6, 6.07) is 5.47. The summed E-state index contributed by atoms with van der Waals surface area (Å²) < 4.78 is 5.46. The van der Waals surface area contributed by atoms with Gasteiger partial charge >= 0.3 is 0 Å². The molecule has 92 valence electrons. The van der Waals surface area contributed by atoms with Crippen LogP contribution in [0, 0.1) is 0 Å². The summed E-state index contributed by atoms with van der Waals surface area (Å²) >= 11 is 0. The van der Waals surface area contributed by atoms with E-state index >= 15 is 0 Å². The molecule has 1 amide bonds. The normalized spacial score (nSPS) is 23.6. The number of benzene rings is 1. The summed E-state index contributed by atoms with van der Waals surface area (Å²) in [4.78, 5) is 11.2. The van der Waals surface area contributed by atoms with Crippen molar-refractivity contribution >= 4 is 17.3 Å². The molecule has 1 aliphatic rings. The Labute approximate surface area is 100 Å². The highest BCUT2D eigenvalue weighted by molar-refractivity contribution is 5.98. The first-order chi connectivity index (χ1) is 8.08. The van der Waals surface area contributed by atoms with Crippen LogP contribution >= 0.6 is 0 Å². The van der Waals surface area contributed by atoms with Gasteiger partial charge in [0.2, 0.25) is 0 Å². The van der Waals surface area contributed by atoms with Crippen LogP contribution < -0.4 is 16.8 Å². The first-order valence-corrected chi connectivity index (χ1v) is 5.65. The third kappa shape index (κ3) is 2.50. The summed E-state index contributed by atoms with van der Waals surface area (Å²) in [6.45, 7) is 2.79. The highest BCUT2D eigenvalue weighted by atomic mass is 16.5. The van der Waals surface area contributed by atoms with E-state index in [0.717, 1.165) is 18.7 Å². The molecule has 1 aliphatic heterocycles. The van der Waals surface area contributed by atoms with Crippen molar-refractivity contribution in [3.05, 3.63) is 23.8 Å². The van der Waals surface area contributed by atoms with Gasteiger partial charge in [0, 0.05) is 18.0 Å². The fourth-order valence-electron chi connectivity index (χ4n) is 1.99. The van der Waals surface area contributed by atoms with Gasteiger partial charge in [0.15, 0.2) is 0 Å². The fourth-order valence-corrected chi connectivity index (χ4v) is 1.99. The largest absolute Gasteiger partial charge is 0.398 e. The molecule has 2 atom stereocenters. The summed E-state index contributed by atoms with van der Waals surface area (Å²) in [7, 11) is 0. The maximum Gasteiger partial charge on any atom is 0.250 e. The van der Waals surface area contributed by atoms with Crippen molar-refractivity contribution in [1.82, 2.24) is 0 Å². The zero-order chi connectivity index (χ0) is 12.4. The van der Waals surface area contributed by atoms with Crippen LogP contribution in [0.15, 0.2) is 18.2 Å². The van der Waals surface area contributed by atoms with Gasteiger partial charge in [-0.05, 0) is 31.5 Å². The number of anilines is 2. The maximum absolute atomic E-state index is 11.2. The number of amides is 1. The Balaban J connectivity index is 2.16. The molecule has 0 bridgehead atoms. The topological polar surface area (TPSA) is 90.4 Å². The lowest BCUT2D eigenvalue weighted by Gasteiger charge is -2.18. The van der Waals surface area contributed by atoms with Gasteiger partial charge in [-0.15, -0.1) is 0 Å². The highest BCUT2D eigenvalue weighted by Gasteiger charge is 2.24. The van der Waals surface area contributed by atoms with Crippen LogP contribution in [-0.2, 0) is 4.74 Å². The Hall–Kier alpha value is -1.75. The summed E-state index contributed by atoms with van der Waals surface area (Å²) in [6.07, 6.45) is 1.13. The lowest BCUT2D eigenvalue weighted by atomic mass is 10.1. The molecule has 5 N–H and O–H groups in total. The average Bonchev–Trinajstić information content (AvgIpc) is 2.67. The van der Waals surface area contributed by atoms with Gasteiger partial charge in [0.1, 0.15) is 0 Å². The second-order valence-electron chi connectivity index (χ2n) is 4.28. The van der Waals surface area contributed by atoms with Gasteiger partial charge in [-0.25, -0.2) is 0 Å². The van der Waals surface area contributed by atoms with Gasteiger partial charge in [-0.3, -0.25) is 4.79 Å². The minimum Gasteiger partial charge on any atom is -0.398 e. The minimum absolute atomic E-state index is 0.171. The van der Waals surface area contributed by atoms with Crippen molar-refractivity contribution in [2.45, 2.75) is 25.5 Å². The molecule has 17 heavy (non-hydrogen) atoms. The van der Waals surface area contributed by atoms with Crippen LogP contribution in [0.2, 0.25) is 0 Å². The predicted molar refractivity (Wildman–Crippen MR) is 66.8 cm³/mol. The van der Waals surface area contributed by atoms with E-state index in [1.165, 1.54) is 0 Å². The van der Waals surface area contributed by atoms with Gasteiger partial charge in [-0.1, -0.05) is 0 Å². The average molecular weight is 235 g/mol. The molecule has 0 spiro atoms. The first kappa shape index (κ1) is 11.7. The second-order valence-corrected chi connectivity index (χ2v) is 4.28. The Bertz CT molecular complexity index is 434. The molecule has 0 aromatic heterocycles. The number of hydrogen-bond acceptors (Lipinski definition) is 4. The van der Waals surface area contributed by atoms with Gasteiger partial charge in [-0.2, -0.15) is 0 Å². The van der Waals surface area contributed by atoms with E-state index in [0.29, 0.717) is 11.3 Å². The predicted octanol–water partition coefficient (Wildman–Crippen LogP) is 0.957. The number of nitrogens with two attached hydrogens (primary N) is 2. The van der Waals surface area contributed by atoms with E-state index in [1.54, 1.807) is 12.1 Å². The number of rotatable bonds is 3. The Morgan fingerprint density at radius 1 is 1.53 bits per heavy atom. The van der Waals surface area contributed by atoms with Crippen molar-refractivity contribution in [2.75, 3.05) is 17.7 Å². The third-order valence-electron chi connectivity index (χ3n) is 3.05. The standard InChI is InChI=1S/C12H17N3O2/c1-7-11(4-5-17-7)15-8-2-3-10(13)9(6-8)12(14)16/h2-3,6-7,11,15H,4-5,13H2,1H3,(H2,14,16). The maximum atomic E-state index is 11.2. The van der Waals surface area contributed by atoms with Crippen molar-refractivity contribution in [3.8, 4) is 0 Å². The molecule has 1 saturated heterocycles. The monoisotopic (exact) mass is 235 g/mol. The fraction of sp³-hybridized carbons (Fsp3) is 0.417. The molecule has 0 saturated carbocycles. The number of carbonyl (C=O) groups is 1. The van der Waals surface area contributed by atoms with Crippen LogP contribution in [0.1, 0.15) is 23.7 Å². The van der Waals surface area contributed by atoms with Crippen LogP contribution in [0.5, 0.6) is 0 Å². The molecule has 2 unspecified atom stereocenters. The molecular weight excluding hydrogens is 218 g/mol. The van der Waals surface area contributed by atoms with Crippen LogP contribution in [0.3, 0.4) is 0 Å². The van der Waals surface area contributed by atoms with Gasteiger partial charge in [0.25, 0.3) is 5.91 Å². The molecule has 2 rings (SSSR count). The molecule has 1 fully saturated rings. The number of hydrogen-bond donors (Lipinski definition) is 3. The van der Waals surface area contributed by atoms with Crippen molar-refractivity contribution in [3.63, 3.8) is 0 Å². The Morgan fingerprint density at radius 3 is 2.88 bits per heavy atom. The van der Waals surface area contributed by atoms with Crippen molar-refractivity contribution in [2.24, 2.45) is 5.73 Å². The van der Waals surface area contributed by atoms with Crippen molar-refractivity contribution in [1.29, 1.82) is 0 Å². The molecule has 1 aromatic carbocycles. The molecular formula is C12H17N3O2. The van der Waals surface area contributed by atoms with Crippen LogP contribution in [-0.4, -0.2) is 24.7 Å². The highest BCUT2D eigenvalue weighted by Crippen LogP contribution is 2.22. The summed E-state index contributed by atoms with van der Waals surface area (Å²) in [5.41, 5.74) is 12.5. The first-order valence-electron chi connectivity index (χ1n) is 5.65. The summed E-state index contributed by atoms with van der Waals surface area (Å²) in [5, 5.41) is 3.32.